The number of aliphatic hydroxyl groups is 3. The SMILES string of the molecule is CCCCCCCCC/C=C/C(O)C(CO)NC(=O)C(O)CCCCCCCCCCCC/C=C\CCCCCCCCCCCCCC. The predicted octanol–water partition coefficient (Wildman–Crippen LogP) is 12.2. The fraction of sp³-hybridized carbons (Fsp3) is 0.886. The summed E-state index contributed by atoms with van der Waals surface area (Å²) in [7, 11) is 0. The third kappa shape index (κ3) is 35.0. The lowest BCUT2D eigenvalue weighted by Crippen LogP contribution is -2.48. The number of hydrogen-bond acceptors (Lipinski definition) is 4. The Bertz CT molecular complexity index is 724. The Hall–Kier alpha value is -1.17. The number of rotatable bonds is 39. The highest BCUT2D eigenvalue weighted by Gasteiger charge is 2.22. The molecule has 0 radical (unpaired) electrons. The highest BCUT2D eigenvalue weighted by atomic mass is 16.3. The van der Waals surface area contributed by atoms with E-state index in [1.165, 1.54) is 173 Å². The molecule has 0 fully saturated rings. The number of unbranched alkanes of at least 4 members (excludes halogenated alkanes) is 29. The summed E-state index contributed by atoms with van der Waals surface area (Å²) in [5.74, 6) is -0.506. The lowest BCUT2D eigenvalue weighted by atomic mass is 10.0. The third-order valence-corrected chi connectivity index (χ3v) is 10.0. The second-order valence-electron chi connectivity index (χ2n) is 14.9. The number of allylic oxidation sites excluding steroid dienone is 3. The third-order valence-electron chi connectivity index (χ3n) is 10.0. The number of amides is 1. The first-order valence-corrected chi connectivity index (χ1v) is 21.7. The van der Waals surface area contributed by atoms with Crippen molar-refractivity contribution in [3.8, 4) is 0 Å². The Balaban J connectivity index is 3.56. The van der Waals surface area contributed by atoms with E-state index in [1.54, 1.807) is 6.08 Å². The molecule has 0 aromatic rings. The highest BCUT2D eigenvalue weighted by Crippen LogP contribution is 2.15. The van der Waals surface area contributed by atoms with Gasteiger partial charge in [-0.1, -0.05) is 205 Å². The van der Waals surface area contributed by atoms with Crippen LogP contribution in [0.2, 0.25) is 0 Å². The van der Waals surface area contributed by atoms with Crippen molar-refractivity contribution in [3.05, 3.63) is 24.3 Å². The van der Waals surface area contributed by atoms with Crippen molar-refractivity contribution in [3.63, 3.8) is 0 Å². The van der Waals surface area contributed by atoms with Crippen molar-refractivity contribution < 1.29 is 20.1 Å². The molecule has 0 aromatic carbocycles. The van der Waals surface area contributed by atoms with Crippen LogP contribution in [-0.2, 0) is 4.79 Å². The molecule has 0 aromatic heterocycles. The molecule has 0 bridgehead atoms. The minimum Gasteiger partial charge on any atom is -0.394 e. The van der Waals surface area contributed by atoms with Crippen LogP contribution in [0.5, 0.6) is 0 Å². The van der Waals surface area contributed by atoms with Crippen molar-refractivity contribution in [2.24, 2.45) is 0 Å². The van der Waals surface area contributed by atoms with E-state index in [-0.39, 0.29) is 6.61 Å². The zero-order valence-electron chi connectivity index (χ0n) is 32.8. The summed E-state index contributed by atoms with van der Waals surface area (Å²) in [6, 6.07) is -0.794. The monoisotopic (exact) mass is 692 g/mol. The molecule has 4 N–H and O–H groups in total. The molecule has 0 saturated heterocycles. The number of aliphatic hydroxyl groups excluding tert-OH is 3. The summed E-state index contributed by atoms with van der Waals surface area (Å²) in [4.78, 5) is 12.4. The van der Waals surface area contributed by atoms with Crippen LogP contribution in [0.4, 0.5) is 0 Å². The Morgan fingerprint density at radius 2 is 0.816 bits per heavy atom. The van der Waals surface area contributed by atoms with Gasteiger partial charge in [-0.25, -0.2) is 0 Å². The predicted molar refractivity (Wildman–Crippen MR) is 213 cm³/mol. The molecule has 3 unspecified atom stereocenters. The normalized spacial score (nSPS) is 13.8. The Labute approximate surface area is 305 Å². The summed E-state index contributed by atoms with van der Waals surface area (Å²) in [5.41, 5.74) is 0. The fourth-order valence-corrected chi connectivity index (χ4v) is 6.59. The van der Waals surface area contributed by atoms with Crippen LogP contribution < -0.4 is 5.32 Å². The summed E-state index contributed by atoms with van der Waals surface area (Å²) in [6.45, 7) is 4.15. The summed E-state index contributed by atoms with van der Waals surface area (Å²) >= 11 is 0. The lowest BCUT2D eigenvalue weighted by Gasteiger charge is -2.21. The number of hydrogen-bond donors (Lipinski definition) is 4. The Morgan fingerprint density at radius 3 is 1.18 bits per heavy atom. The summed E-state index contributed by atoms with van der Waals surface area (Å²) in [6.07, 6.45) is 48.0. The second-order valence-corrected chi connectivity index (χ2v) is 14.9. The minimum atomic E-state index is -1.10. The molecule has 5 nitrogen and oxygen atoms in total. The van der Waals surface area contributed by atoms with Gasteiger partial charge in [0.05, 0.1) is 18.8 Å². The maximum absolute atomic E-state index is 12.4. The van der Waals surface area contributed by atoms with Gasteiger partial charge in [-0.3, -0.25) is 4.79 Å². The smallest absolute Gasteiger partial charge is 0.249 e. The van der Waals surface area contributed by atoms with E-state index < -0.39 is 24.2 Å². The summed E-state index contributed by atoms with van der Waals surface area (Å²) in [5, 5.41) is 32.9. The van der Waals surface area contributed by atoms with Gasteiger partial charge >= 0.3 is 0 Å². The Kier molecular flexibility index (Phi) is 38.7. The summed E-state index contributed by atoms with van der Waals surface area (Å²) < 4.78 is 0. The molecule has 3 atom stereocenters. The zero-order valence-corrected chi connectivity index (χ0v) is 32.8. The lowest BCUT2D eigenvalue weighted by molar-refractivity contribution is -0.131. The molecule has 0 aliphatic carbocycles. The topological polar surface area (TPSA) is 89.8 Å². The van der Waals surface area contributed by atoms with Crippen LogP contribution in [0.25, 0.3) is 0 Å². The maximum Gasteiger partial charge on any atom is 0.249 e. The first kappa shape index (κ1) is 47.8. The molecular weight excluding hydrogens is 606 g/mol. The first-order valence-electron chi connectivity index (χ1n) is 21.7. The van der Waals surface area contributed by atoms with Crippen molar-refractivity contribution >= 4 is 5.91 Å². The number of carbonyl (C=O) groups excluding carboxylic acids is 1. The molecule has 0 aliphatic heterocycles. The number of nitrogens with one attached hydrogen (secondary N) is 1. The van der Waals surface area contributed by atoms with E-state index >= 15 is 0 Å². The van der Waals surface area contributed by atoms with Gasteiger partial charge in [-0.15, -0.1) is 0 Å². The van der Waals surface area contributed by atoms with E-state index in [9.17, 15) is 20.1 Å². The average Bonchev–Trinajstić information content (AvgIpc) is 3.11. The van der Waals surface area contributed by atoms with E-state index in [0.29, 0.717) is 6.42 Å². The second kappa shape index (κ2) is 39.6. The molecule has 49 heavy (non-hydrogen) atoms. The fourth-order valence-electron chi connectivity index (χ4n) is 6.59. The maximum atomic E-state index is 12.4. The van der Waals surface area contributed by atoms with Crippen molar-refractivity contribution in [1.29, 1.82) is 0 Å². The van der Waals surface area contributed by atoms with E-state index in [0.717, 1.165) is 32.1 Å². The molecule has 0 spiro atoms. The molecule has 5 heteroatoms. The van der Waals surface area contributed by atoms with Gasteiger partial charge in [0.1, 0.15) is 6.10 Å². The largest absolute Gasteiger partial charge is 0.394 e. The molecule has 0 aliphatic rings. The molecular formula is C44H85NO4. The van der Waals surface area contributed by atoms with Gasteiger partial charge in [0, 0.05) is 0 Å². The van der Waals surface area contributed by atoms with Crippen LogP contribution in [0.15, 0.2) is 24.3 Å². The standard InChI is InChI=1S/C44H85NO4/c1-3-5-7-9-11-13-14-15-16-17-18-19-20-21-22-23-24-25-26-27-28-29-31-33-35-37-39-43(48)44(49)45-41(40-46)42(47)38-36-34-32-30-12-10-8-6-4-2/h21-22,36,38,41-43,46-48H,3-20,23-35,37,39-40H2,1-2H3,(H,45,49)/b22-21-,38-36+. The van der Waals surface area contributed by atoms with E-state index in [4.69, 9.17) is 0 Å². The molecule has 0 heterocycles. The van der Waals surface area contributed by atoms with Crippen LogP contribution in [0.3, 0.4) is 0 Å². The van der Waals surface area contributed by atoms with Gasteiger partial charge in [-0.2, -0.15) is 0 Å². The van der Waals surface area contributed by atoms with Gasteiger partial charge < -0.3 is 20.6 Å². The first-order chi connectivity index (χ1) is 24.1. The molecule has 290 valence electrons. The van der Waals surface area contributed by atoms with Gasteiger partial charge in [0.2, 0.25) is 5.91 Å². The van der Waals surface area contributed by atoms with Crippen molar-refractivity contribution in [2.45, 2.75) is 244 Å². The average molecular weight is 692 g/mol. The van der Waals surface area contributed by atoms with Crippen molar-refractivity contribution in [2.75, 3.05) is 6.61 Å². The van der Waals surface area contributed by atoms with Gasteiger partial charge in [0.25, 0.3) is 0 Å². The molecule has 0 saturated carbocycles. The Morgan fingerprint density at radius 1 is 0.490 bits per heavy atom. The highest BCUT2D eigenvalue weighted by molar-refractivity contribution is 5.80. The van der Waals surface area contributed by atoms with Crippen molar-refractivity contribution in [1.82, 2.24) is 5.32 Å². The van der Waals surface area contributed by atoms with Crippen LogP contribution in [0, 0.1) is 0 Å². The molecule has 0 rings (SSSR count). The van der Waals surface area contributed by atoms with E-state index in [2.05, 4.69) is 31.3 Å². The van der Waals surface area contributed by atoms with Crippen LogP contribution in [0.1, 0.15) is 226 Å². The number of carbonyl (C=O) groups is 1. The van der Waals surface area contributed by atoms with Crippen LogP contribution in [-0.4, -0.2) is 46.1 Å². The van der Waals surface area contributed by atoms with E-state index in [1.807, 2.05) is 6.08 Å². The quantitative estimate of drug-likeness (QED) is 0.0381. The minimum absolute atomic E-state index is 0.363. The van der Waals surface area contributed by atoms with Gasteiger partial charge in [-0.05, 0) is 44.9 Å². The van der Waals surface area contributed by atoms with Crippen LogP contribution >= 0.6 is 0 Å². The molecule has 1 amide bonds. The van der Waals surface area contributed by atoms with Gasteiger partial charge in [0.15, 0.2) is 0 Å². The zero-order chi connectivity index (χ0) is 35.9.